The predicted octanol–water partition coefficient (Wildman–Crippen LogP) is 3.79. The molecule has 1 aromatic carbocycles. The van der Waals surface area contributed by atoms with E-state index in [0.717, 1.165) is 5.56 Å². The van der Waals surface area contributed by atoms with Crippen LogP contribution in [0.3, 0.4) is 0 Å². The molecule has 0 saturated carbocycles. The molecule has 0 aliphatic rings. The van der Waals surface area contributed by atoms with Gasteiger partial charge in [0.05, 0.1) is 0 Å². The van der Waals surface area contributed by atoms with Crippen LogP contribution >= 0.6 is 23.2 Å². The Labute approximate surface area is 133 Å². The highest BCUT2D eigenvalue weighted by Gasteiger charge is 2.07. The molecule has 0 radical (unpaired) electrons. The Morgan fingerprint density at radius 2 is 2.10 bits per heavy atom. The zero-order valence-electron chi connectivity index (χ0n) is 11.9. The van der Waals surface area contributed by atoms with Crippen LogP contribution in [0.15, 0.2) is 35.4 Å². The van der Waals surface area contributed by atoms with Crippen molar-refractivity contribution in [2.24, 2.45) is 0 Å². The summed E-state index contributed by atoms with van der Waals surface area (Å²) in [5.74, 6) is 0.358. The highest BCUT2D eigenvalue weighted by Crippen LogP contribution is 2.21. The lowest BCUT2D eigenvalue weighted by atomic mass is 10.1. The average Bonchev–Trinajstić information content (AvgIpc) is 2.42. The second-order valence-electron chi connectivity index (χ2n) is 4.99. The van der Waals surface area contributed by atoms with Crippen molar-refractivity contribution in [2.45, 2.75) is 26.3 Å². The third-order valence-electron chi connectivity index (χ3n) is 3.13. The number of halogens is 2. The van der Waals surface area contributed by atoms with Crippen molar-refractivity contribution in [1.29, 1.82) is 0 Å². The molecule has 6 heteroatoms. The van der Waals surface area contributed by atoms with Gasteiger partial charge in [0.15, 0.2) is 5.82 Å². The summed E-state index contributed by atoms with van der Waals surface area (Å²) in [6.45, 7) is 4.49. The van der Waals surface area contributed by atoms with Crippen molar-refractivity contribution in [3.8, 4) is 0 Å². The number of nitrogens with zero attached hydrogens (tertiary/aromatic N) is 2. The summed E-state index contributed by atoms with van der Waals surface area (Å²) in [5, 5.41) is 4.30. The van der Waals surface area contributed by atoms with Gasteiger partial charge in [-0.15, -0.1) is 0 Å². The van der Waals surface area contributed by atoms with Crippen molar-refractivity contribution < 1.29 is 0 Å². The molecule has 112 valence electrons. The van der Waals surface area contributed by atoms with E-state index >= 15 is 0 Å². The Balaban J connectivity index is 2.04. The molecule has 0 fully saturated rings. The number of benzene rings is 1. The van der Waals surface area contributed by atoms with Gasteiger partial charge in [0.1, 0.15) is 0 Å². The molecule has 1 aromatic heterocycles. The van der Waals surface area contributed by atoms with Crippen LogP contribution in [0.2, 0.25) is 10.0 Å². The van der Waals surface area contributed by atoms with Crippen LogP contribution in [0.25, 0.3) is 0 Å². The first-order chi connectivity index (χ1) is 9.99. The Morgan fingerprint density at radius 1 is 1.33 bits per heavy atom. The van der Waals surface area contributed by atoms with Crippen molar-refractivity contribution in [3.63, 3.8) is 0 Å². The number of aromatic nitrogens is 2. The minimum absolute atomic E-state index is 0.103. The number of hydrogen-bond acceptors (Lipinski definition) is 3. The van der Waals surface area contributed by atoms with E-state index in [4.69, 9.17) is 23.2 Å². The average molecular weight is 326 g/mol. The minimum Gasteiger partial charge on any atom is -0.365 e. The van der Waals surface area contributed by atoms with Crippen LogP contribution in [0, 0.1) is 0 Å². The molecule has 0 spiro atoms. The SMILES string of the molecule is CC(C)n1ccnc(NCCc2ccc(Cl)cc2Cl)c1=O. The van der Waals surface area contributed by atoms with Crippen molar-refractivity contribution in [1.82, 2.24) is 9.55 Å². The monoisotopic (exact) mass is 325 g/mol. The Hall–Kier alpha value is -1.52. The number of nitrogens with one attached hydrogen (secondary N) is 1. The fourth-order valence-corrected chi connectivity index (χ4v) is 2.50. The highest BCUT2D eigenvalue weighted by atomic mass is 35.5. The lowest BCUT2D eigenvalue weighted by Crippen LogP contribution is -2.26. The third kappa shape index (κ3) is 3.99. The highest BCUT2D eigenvalue weighted by molar-refractivity contribution is 6.35. The van der Waals surface area contributed by atoms with Gasteiger partial charge in [-0.2, -0.15) is 0 Å². The molecule has 0 aliphatic heterocycles. The molecule has 2 rings (SSSR count). The summed E-state index contributed by atoms with van der Waals surface area (Å²) in [5.41, 5.74) is 0.864. The van der Waals surface area contributed by atoms with E-state index in [-0.39, 0.29) is 11.6 Å². The number of hydrogen-bond donors (Lipinski definition) is 1. The van der Waals surface area contributed by atoms with E-state index in [1.165, 1.54) is 0 Å². The van der Waals surface area contributed by atoms with Gasteiger partial charge < -0.3 is 9.88 Å². The molecule has 21 heavy (non-hydrogen) atoms. The topological polar surface area (TPSA) is 46.9 Å². The summed E-state index contributed by atoms with van der Waals surface area (Å²) >= 11 is 12.0. The molecule has 0 aliphatic carbocycles. The van der Waals surface area contributed by atoms with Crippen molar-refractivity contribution >= 4 is 29.0 Å². The maximum Gasteiger partial charge on any atom is 0.293 e. The summed E-state index contributed by atoms with van der Waals surface area (Å²) in [7, 11) is 0. The summed E-state index contributed by atoms with van der Waals surface area (Å²) in [6.07, 6.45) is 4.00. The first-order valence-corrected chi connectivity index (χ1v) is 7.49. The fourth-order valence-electron chi connectivity index (χ4n) is 1.99. The van der Waals surface area contributed by atoms with Crippen LogP contribution in [0.5, 0.6) is 0 Å². The van der Waals surface area contributed by atoms with Gasteiger partial charge in [0.25, 0.3) is 5.56 Å². The molecule has 0 unspecified atom stereocenters. The maximum absolute atomic E-state index is 12.2. The maximum atomic E-state index is 12.2. The van der Waals surface area contributed by atoms with E-state index in [9.17, 15) is 4.79 Å². The van der Waals surface area contributed by atoms with Crippen LogP contribution in [0.1, 0.15) is 25.5 Å². The second-order valence-corrected chi connectivity index (χ2v) is 5.84. The summed E-state index contributed by atoms with van der Waals surface area (Å²) in [6, 6.07) is 5.50. The van der Waals surface area contributed by atoms with E-state index in [2.05, 4.69) is 10.3 Å². The Kier molecular flexibility index (Phi) is 5.26. The largest absolute Gasteiger partial charge is 0.365 e. The first-order valence-electron chi connectivity index (χ1n) is 6.74. The zero-order chi connectivity index (χ0) is 15.4. The van der Waals surface area contributed by atoms with Crippen LogP contribution in [-0.4, -0.2) is 16.1 Å². The molecule has 0 amide bonds. The quantitative estimate of drug-likeness (QED) is 0.909. The number of rotatable bonds is 5. The van der Waals surface area contributed by atoms with Gasteiger partial charge in [-0.3, -0.25) is 4.79 Å². The standard InChI is InChI=1S/C15H17Cl2N3O/c1-10(2)20-8-7-19-14(15(20)21)18-6-5-11-3-4-12(16)9-13(11)17/h3-4,7-10H,5-6H2,1-2H3,(H,18,19). The zero-order valence-corrected chi connectivity index (χ0v) is 13.4. The predicted molar refractivity (Wildman–Crippen MR) is 87.5 cm³/mol. The van der Waals surface area contributed by atoms with Crippen LogP contribution in [0.4, 0.5) is 5.82 Å². The van der Waals surface area contributed by atoms with Crippen LogP contribution < -0.4 is 10.9 Å². The van der Waals surface area contributed by atoms with E-state index in [1.807, 2.05) is 19.9 Å². The first kappa shape index (κ1) is 15.9. The normalized spacial score (nSPS) is 10.9. The summed E-state index contributed by atoms with van der Waals surface area (Å²) in [4.78, 5) is 16.2. The van der Waals surface area contributed by atoms with E-state index in [1.54, 1.807) is 29.1 Å². The van der Waals surface area contributed by atoms with Crippen LogP contribution in [-0.2, 0) is 6.42 Å². The molecule has 1 N–H and O–H groups in total. The van der Waals surface area contributed by atoms with E-state index < -0.39 is 0 Å². The molecule has 0 saturated heterocycles. The Bertz CT molecular complexity index is 683. The molecule has 0 bridgehead atoms. The molecule has 1 heterocycles. The molecular weight excluding hydrogens is 309 g/mol. The number of anilines is 1. The molecule has 0 atom stereocenters. The third-order valence-corrected chi connectivity index (χ3v) is 3.71. The lowest BCUT2D eigenvalue weighted by molar-refractivity contribution is 0.575. The molecule has 2 aromatic rings. The van der Waals surface area contributed by atoms with Gasteiger partial charge in [0, 0.05) is 35.0 Å². The molecular formula is C15H17Cl2N3O. The smallest absolute Gasteiger partial charge is 0.293 e. The van der Waals surface area contributed by atoms with Gasteiger partial charge in [-0.1, -0.05) is 29.3 Å². The lowest BCUT2D eigenvalue weighted by Gasteiger charge is -2.12. The van der Waals surface area contributed by atoms with Crippen molar-refractivity contribution in [3.05, 3.63) is 56.6 Å². The van der Waals surface area contributed by atoms with Gasteiger partial charge >= 0.3 is 0 Å². The van der Waals surface area contributed by atoms with E-state index in [0.29, 0.717) is 28.8 Å². The summed E-state index contributed by atoms with van der Waals surface area (Å²) < 4.78 is 1.64. The minimum atomic E-state index is -0.116. The van der Waals surface area contributed by atoms with Crippen molar-refractivity contribution in [2.75, 3.05) is 11.9 Å². The van der Waals surface area contributed by atoms with Gasteiger partial charge in [-0.25, -0.2) is 4.98 Å². The molecule has 4 nitrogen and oxygen atoms in total. The fraction of sp³-hybridized carbons (Fsp3) is 0.333. The van der Waals surface area contributed by atoms with Gasteiger partial charge in [0.2, 0.25) is 0 Å². The van der Waals surface area contributed by atoms with Gasteiger partial charge in [-0.05, 0) is 38.0 Å². The Morgan fingerprint density at radius 3 is 2.76 bits per heavy atom. The second kappa shape index (κ2) is 6.96.